The summed E-state index contributed by atoms with van der Waals surface area (Å²) in [7, 11) is -0.784. The van der Waals surface area contributed by atoms with E-state index in [-0.39, 0.29) is 11.3 Å². The topological polar surface area (TPSA) is 43.1 Å². The van der Waals surface area contributed by atoms with Crippen LogP contribution in [0.25, 0.3) is 0 Å². The van der Waals surface area contributed by atoms with Gasteiger partial charge >= 0.3 is 0 Å². The van der Waals surface area contributed by atoms with Crippen molar-refractivity contribution in [2.45, 2.75) is 55.6 Å². The zero-order valence-corrected chi connectivity index (χ0v) is 12.4. The van der Waals surface area contributed by atoms with Crippen LogP contribution in [0.5, 0.6) is 0 Å². The average Bonchev–Trinajstić information content (AvgIpc) is 2.76. The van der Waals surface area contributed by atoms with Gasteiger partial charge in [0.15, 0.2) is 0 Å². The molecule has 0 saturated heterocycles. The van der Waals surface area contributed by atoms with Crippen LogP contribution in [0.4, 0.5) is 0 Å². The summed E-state index contributed by atoms with van der Waals surface area (Å²) in [6.45, 7) is 2.28. The molecule has 19 heavy (non-hydrogen) atoms. The molecule has 0 bridgehead atoms. The lowest BCUT2D eigenvalue weighted by Gasteiger charge is -2.29. The van der Waals surface area contributed by atoms with Crippen LogP contribution in [0.3, 0.4) is 0 Å². The van der Waals surface area contributed by atoms with Gasteiger partial charge in [0.25, 0.3) is 0 Å². The molecule has 1 fully saturated rings. The Bertz CT molecular complexity index is 487. The first-order valence-corrected chi connectivity index (χ1v) is 8.67. The van der Waals surface area contributed by atoms with Gasteiger partial charge in [0.05, 0.1) is 5.25 Å². The Morgan fingerprint density at radius 2 is 2.05 bits per heavy atom. The maximum Gasteiger partial charge on any atom is 0.0584 e. The Morgan fingerprint density at radius 3 is 2.79 bits per heavy atom. The quantitative estimate of drug-likeness (QED) is 0.903. The van der Waals surface area contributed by atoms with Gasteiger partial charge in [-0.2, -0.15) is 0 Å². The molecule has 2 N–H and O–H groups in total. The second-order valence-electron chi connectivity index (χ2n) is 6.19. The van der Waals surface area contributed by atoms with E-state index in [1.54, 1.807) is 0 Å². The number of rotatable bonds is 2. The van der Waals surface area contributed by atoms with E-state index < -0.39 is 10.8 Å². The van der Waals surface area contributed by atoms with Crippen molar-refractivity contribution in [2.24, 2.45) is 11.7 Å². The summed E-state index contributed by atoms with van der Waals surface area (Å²) in [5.74, 6) is 0.725. The van der Waals surface area contributed by atoms with Gasteiger partial charge in [-0.15, -0.1) is 0 Å². The highest BCUT2D eigenvalue weighted by atomic mass is 32.2. The van der Waals surface area contributed by atoms with E-state index in [9.17, 15) is 4.21 Å². The molecule has 0 heterocycles. The van der Waals surface area contributed by atoms with Crippen LogP contribution in [0.1, 0.15) is 49.8 Å². The SMILES string of the molecule is CC1CCCC(S(=O)C2Cc3ccccc3C2N)C1. The predicted octanol–water partition coefficient (Wildman–Crippen LogP) is 2.94. The third kappa shape index (κ3) is 2.50. The standard InChI is InChI=1S/C16H23NOS/c1-11-5-4-7-13(9-11)19(18)15-10-12-6-2-3-8-14(12)16(15)17/h2-3,6,8,11,13,15-16H,4-5,7,9-10,17H2,1H3. The first kappa shape index (κ1) is 13.3. The van der Waals surface area contributed by atoms with E-state index in [1.807, 2.05) is 6.07 Å². The van der Waals surface area contributed by atoms with Crippen LogP contribution in [0, 0.1) is 5.92 Å². The molecular weight excluding hydrogens is 254 g/mol. The summed E-state index contributed by atoms with van der Waals surface area (Å²) >= 11 is 0. The Balaban J connectivity index is 1.76. The Kier molecular flexibility index (Phi) is 3.77. The van der Waals surface area contributed by atoms with E-state index >= 15 is 0 Å². The fourth-order valence-corrected chi connectivity index (χ4v) is 5.84. The molecule has 1 aromatic carbocycles. The summed E-state index contributed by atoms with van der Waals surface area (Å²) in [5, 5.41) is 0.502. The largest absolute Gasteiger partial charge is 0.323 e. The summed E-state index contributed by atoms with van der Waals surface area (Å²) in [4.78, 5) is 0. The molecule has 104 valence electrons. The van der Waals surface area contributed by atoms with E-state index in [0.29, 0.717) is 5.25 Å². The van der Waals surface area contributed by atoms with E-state index in [1.165, 1.54) is 24.0 Å². The third-order valence-electron chi connectivity index (χ3n) is 4.75. The maximum absolute atomic E-state index is 12.9. The fraction of sp³-hybridized carbons (Fsp3) is 0.625. The van der Waals surface area contributed by atoms with Crippen molar-refractivity contribution in [1.82, 2.24) is 0 Å². The maximum atomic E-state index is 12.9. The van der Waals surface area contributed by atoms with Crippen molar-refractivity contribution < 1.29 is 4.21 Å². The molecule has 0 aliphatic heterocycles. The fourth-order valence-electron chi connectivity index (χ4n) is 3.65. The summed E-state index contributed by atoms with van der Waals surface area (Å²) in [6.07, 6.45) is 5.66. The van der Waals surface area contributed by atoms with Crippen LogP contribution >= 0.6 is 0 Å². The van der Waals surface area contributed by atoms with E-state index in [0.717, 1.165) is 25.2 Å². The van der Waals surface area contributed by atoms with E-state index in [2.05, 4.69) is 25.1 Å². The number of fused-ring (bicyclic) bond motifs is 1. The van der Waals surface area contributed by atoms with Gasteiger partial charge in [-0.05, 0) is 36.3 Å². The van der Waals surface area contributed by atoms with Gasteiger partial charge in [-0.25, -0.2) is 0 Å². The Hall–Kier alpha value is -0.670. The van der Waals surface area contributed by atoms with Crippen molar-refractivity contribution in [1.29, 1.82) is 0 Å². The minimum Gasteiger partial charge on any atom is -0.323 e. The first-order valence-electron chi connectivity index (χ1n) is 7.39. The molecule has 0 spiro atoms. The molecule has 1 saturated carbocycles. The molecule has 5 atom stereocenters. The zero-order chi connectivity index (χ0) is 13.4. The molecule has 0 aromatic heterocycles. The lowest BCUT2D eigenvalue weighted by molar-refractivity contribution is 0.387. The van der Waals surface area contributed by atoms with E-state index in [4.69, 9.17) is 5.73 Å². The number of hydrogen-bond donors (Lipinski definition) is 1. The lowest BCUT2D eigenvalue weighted by Crippen LogP contribution is -2.35. The van der Waals surface area contributed by atoms with Gasteiger partial charge in [-0.1, -0.05) is 44.0 Å². The van der Waals surface area contributed by atoms with Gasteiger partial charge < -0.3 is 5.73 Å². The molecule has 2 aliphatic carbocycles. The minimum atomic E-state index is -0.784. The Labute approximate surface area is 118 Å². The predicted molar refractivity (Wildman–Crippen MR) is 80.4 cm³/mol. The van der Waals surface area contributed by atoms with Gasteiger partial charge in [0, 0.05) is 22.1 Å². The van der Waals surface area contributed by atoms with Crippen LogP contribution in [-0.2, 0) is 17.2 Å². The molecule has 3 rings (SSSR count). The van der Waals surface area contributed by atoms with Crippen LogP contribution < -0.4 is 5.73 Å². The summed E-state index contributed by atoms with van der Waals surface area (Å²) in [6, 6.07) is 8.29. The van der Waals surface area contributed by atoms with Crippen molar-refractivity contribution in [2.75, 3.05) is 0 Å². The summed E-state index contributed by atoms with van der Waals surface area (Å²) in [5.41, 5.74) is 8.86. The van der Waals surface area contributed by atoms with Crippen LogP contribution in [0.2, 0.25) is 0 Å². The van der Waals surface area contributed by atoms with Crippen molar-refractivity contribution in [3.8, 4) is 0 Å². The Morgan fingerprint density at radius 1 is 1.26 bits per heavy atom. The average molecular weight is 277 g/mol. The monoisotopic (exact) mass is 277 g/mol. The van der Waals surface area contributed by atoms with Gasteiger partial charge in [0.1, 0.15) is 0 Å². The van der Waals surface area contributed by atoms with Crippen molar-refractivity contribution >= 4 is 10.8 Å². The molecule has 1 aromatic rings. The third-order valence-corrected chi connectivity index (χ3v) is 6.89. The normalized spacial score (nSPS) is 35.9. The molecular formula is C16H23NOS. The van der Waals surface area contributed by atoms with Crippen molar-refractivity contribution in [3.05, 3.63) is 35.4 Å². The second kappa shape index (κ2) is 5.37. The molecule has 3 heteroatoms. The van der Waals surface area contributed by atoms with Crippen LogP contribution in [0.15, 0.2) is 24.3 Å². The number of nitrogens with two attached hydrogens (primary N) is 1. The summed E-state index contributed by atoms with van der Waals surface area (Å²) < 4.78 is 12.9. The molecule has 0 radical (unpaired) electrons. The van der Waals surface area contributed by atoms with Gasteiger partial charge in [-0.3, -0.25) is 4.21 Å². The smallest absolute Gasteiger partial charge is 0.0584 e. The first-order chi connectivity index (χ1) is 9.16. The van der Waals surface area contributed by atoms with Crippen molar-refractivity contribution in [3.63, 3.8) is 0 Å². The lowest BCUT2D eigenvalue weighted by atomic mass is 9.91. The molecule has 2 nitrogen and oxygen atoms in total. The highest BCUT2D eigenvalue weighted by Gasteiger charge is 2.37. The second-order valence-corrected chi connectivity index (χ2v) is 8.12. The highest BCUT2D eigenvalue weighted by molar-refractivity contribution is 7.86. The number of benzene rings is 1. The number of hydrogen-bond acceptors (Lipinski definition) is 2. The molecule has 5 unspecified atom stereocenters. The molecule has 2 aliphatic rings. The minimum absolute atomic E-state index is 0.0331. The highest BCUT2D eigenvalue weighted by Crippen LogP contribution is 2.37. The van der Waals surface area contributed by atoms with Gasteiger partial charge in [0.2, 0.25) is 0 Å². The van der Waals surface area contributed by atoms with Crippen LogP contribution in [-0.4, -0.2) is 14.7 Å². The zero-order valence-electron chi connectivity index (χ0n) is 11.5. The molecule has 0 amide bonds.